The number of carbonyl (C=O) groups excluding carboxylic acids is 2. The molecule has 0 spiro atoms. The summed E-state index contributed by atoms with van der Waals surface area (Å²) in [5.74, 6) is -0.352. The van der Waals surface area contributed by atoms with Crippen LogP contribution in [0, 0.1) is 5.92 Å². The fourth-order valence-corrected chi connectivity index (χ4v) is 4.55. The zero-order valence-electron chi connectivity index (χ0n) is 18.8. The minimum atomic E-state index is -0.469. The number of aryl methyl sites for hydroxylation is 2. The lowest BCUT2D eigenvalue weighted by Crippen LogP contribution is -2.37. The summed E-state index contributed by atoms with van der Waals surface area (Å²) in [5, 5.41) is 5.17. The molecule has 1 amide bonds. The normalized spacial score (nSPS) is 11.3. The van der Waals surface area contributed by atoms with E-state index in [1.807, 2.05) is 5.38 Å². The molecule has 3 aromatic heterocycles. The van der Waals surface area contributed by atoms with Gasteiger partial charge in [0.05, 0.1) is 19.0 Å². The Kier molecular flexibility index (Phi) is 6.97. The van der Waals surface area contributed by atoms with E-state index < -0.39 is 17.2 Å². The summed E-state index contributed by atoms with van der Waals surface area (Å²) in [6.07, 6.45) is 2.84. The molecule has 0 aliphatic rings. The molecular weight excluding hydrogens is 434 g/mol. The van der Waals surface area contributed by atoms with Crippen LogP contribution in [0.1, 0.15) is 42.6 Å². The fourth-order valence-electron chi connectivity index (χ4n) is 3.57. The number of thiophene rings is 1. The molecule has 0 atom stereocenters. The highest BCUT2D eigenvalue weighted by Gasteiger charge is 2.22. The van der Waals surface area contributed by atoms with Crippen molar-refractivity contribution in [3.63, 3.8) is 0 Å². The van der Waals surface area contributed by atoms with Crippen LogP contribution in [0.25, 0.3) is 11.2 Å². The lowest BCUT2D eigenvalue weighted by molar-refractivity contribution is -0.116. The lowest BCUT2D eigenvalue weighted by atomic mass is 10.0. The maximum atomic E-state index is 12.5. The molecule has 0 bridgehead atoms. The predicted octanol–water partition coefficient (Wildman–Crippen LogP) is 1.90. The van der Waals surface area contributed by atoms with Gasteiger partial charge in [0, 0.05) is 27.1 Å². The monoisotopic (exact) mass is 461 g/mol. The Labute approximate surface area is 188 Å². The molecule has 0 saturated heterocycles. The van der Waals surface area contributed by atoms with Crippen LogP contribution in [-0.2, 0) is 36.6 Å². The lowest BCUT2D eigenvalue weighted by Gasteiger charge is -2.09. The number of esters is 1. The number of fused-ring (bicyclic) bond motifs is 1. The van der Waals surface area contributed by atoms with Gasteiger partial charge in [-0.15, -0.1) is 11.3 Å². The first-order chi connectivity index (χ1) is 15.1. The summed E-state index contributed by atoms with van der Waals surface area (Å²) >= 11 is 1.31. The zero-order chi connectivity index (χ0) is 23.6. The van der Waals surface area contributed by atoms with Crippen molar-refractivity contribution in [1.29, 1.82) is 0 Å². The van der Waals surface area contributed by atoms with E-state index in [1.165, 1.54) is 36.4 Å². The Morgan fingerprint density at radius 1 is 1.22 bits per heavy atom. The molecule has 3 aromatic rings. The van der Waals surface area contributed by atoms with Crippen molar-refractivity contribution >= 4 is 39.4 Å². The molecule has 10 nitrogen and oxygen atoms in total. The van der Waals surface area contributed by atoms with Gasteiger partial charge in [0.25, 0.3) is 5.56 Å². The van der Waals surface area contributed by atoms with Crippen LogP contribution in [-0.4, -0.2) is 37.7 Å². The summed E-state index contributed by atoms with van der Waals surface area (Å²) < 4.78 is 8.90. The van der Waals surface area contributed by atoms with Gasteiger partial charge in [0.1, 0.15) is 5.00 Å². The second-order valence-corrected chi connectivity index (χ2v) is 8.90. The van der Waals surface area contributed by atoms with Gasteiger partial charge >= 0.3 is 11.7 Å². The number of hydrogen-bond acceptors (Lipinski definition) is 7. The quantitative estimate of drug-likeness (QED) is 0.512. The number of hydrogen-bond donors (Lipinski definition) is 1. The molecule has 11 heteroatoms. The van der Waals surface area contributed by atoms with Crippen molar-refractivity contribution in [3.8, 4) is 0 Å². The molecule has 0 aromatic carbocycles. The Balaban J connectivity index is 1.71. The summed E-state index contributed by atoms with van der Waals surface area (Å²) in [5.41, 5.74) is 1.02. The Morgan fingerprint density at radius 3 is 2.59 bits per heavy atom. The molecule has 0 unspecified atom stereocenters. The van der Waals surface area contributed by atoms with Crippen LogP contribution in [0.15, 0.2) is 21.3 Å². The topological polar surface area (TPSA) is 117 Å². The van der Waals surface area contributed by atoms with Crippen molar-refractivity contribution in [3.05, 3.63) is 43.7 Å². The van der Waals surface area contributed by atoms with Crippen LogP contribution >= 0.6 is 11.3 Å². The molecule has 0 saturated carbocycles. The predicted molar refractivity (Wildman–Crippen MR) is 122 cm³/mol. The van der Waals surface area contributed by atoms with E-state index in [0.717, 1.165) is 10.1 Å². The van der Waals surface area contributed by atoms with Gasteiger partial charge < -0.3 is 14.6 Å². The number of nitrogens with one attached hydrogen (secondary N) is 1. The molecule has 32 heavy (non-hydrogen) atoms. The Hall–Kier alpha value is -3.21. The first-order valence-corrected chi connectivity index (χ1v) is 11.1. The van der Waals surface area contributed by atoms with Gasteiger partial charge in [-0.05, 0) is 29.7 Å². The van der Waals surface area contributed by atoms with Crippen LogP contribution < -0.4 is 16.6 Å². The largest absolute Gasteiger partial charge is 0.465 e. The molecule has 172 valence electrons. The third-order valence-electron chi connectivity index (χ3n) is 5.16. The summed E-state index contributed by atoms with van der Waals surface area (Å²) in [7, 11) is 4.30. The van der Waals surface area contributed by atoms with Crippen molar-refractivity contribution in [2.75, 3.05) is 12.4 Å². The van der Waals surface area contributed by atoms with Crippen molar-refractivity contribution in [1.82, 2.24) is 18.7 Å². The van der Waals surface area contributed by atoms with Crippen molar-refractivity contribution in [2.45, 2.75) is 39.7 Å². The molecule has 3 heterocycles. The second-order valence-electron chi connectivity index (χ2n) is 8.02. The average molecular weight is 462 g/mol. The van der Waals surface area contributed by atoms with E-state index in [2.05, 4.69) is 24.1 Å². The SMILES string of the molecule is COC(=O)c1c(CC(C)C)csc1NC(=O)CCCn1cnc2c1c(=O)n(C)c(=O)n2C. The van der Waals surface area contributed by atoms with Crippen molar-refractivity contribution in [2.24, 2.45) is 20.0 Å². The molecule has 1 N–H and O–H groups in total. The minimum absolute atomic E-state index is 0.184. The Bertz CT molecular complexity index is 1280. The van der Waals surface area contributed by atoms with E-state index in [4.69, 9.17) is 4.74 Å². The van der Waals surface area contributed by atoms with Gasteiger partial charge in [-0.3, -0.25) is 18.7 Å². The van der Waals surface area contributed by atoms with Gasteiger partial charge in [0.2, 0.25) is 5.91 Å². The third-order valence-corrected chi connectivity index (χ3v) is 6.10. The average Bonchev–Trinajstić information content (AvgIpc) is 3.34. The van der Waals surface area contributed by atoms with Crippen LogP contribution in [0.3, 0.4) is 0 Å². The second kappa shape index (κ2) is 9.51. The highest BCUT2D eigenvalue weighted by Crippen LogP contribution is 2.31. The van der Waals surface area contributed by atoms with Gasteiger partial charge in [0.15, 0.2) is 11.2 Å². The number of aromatic nitrogens is 4. The number of anilines is 1. The maximum absolute atomic E-state index is 12.5. The fraction of sp³-hybridized carbons (Fsp3) is 0.476. The van der Waals surface area contributed by atoms with Gasteiger partial charge in [-0.25, -0.2) is 14.6 Å². The maximum Gasteiger partial charge on any atom is 0.341 e. The van der Waals surface area contributed by atoms with E-state index in [1.54, 1.807) is 11.6 Å². The number of methoxy groups -OCH3 is 1. The highest BCUT2D eigenvalue weighted by atomic mass is 32.1. The van der Waals surface area contributed by atoms with Gasteiger partial charge in [-0.2, -0.15) is 0 Å². The third kappa shape index (κ3) is 4.52. The van der Waals surface area contributed by atoms with E-state index in [9.17, 15) is 19.2 Å². The highest BCUT2D eigenvalue weighted by molar-refractivity contribution is 7.15. The standard InChI is InChI=1S/C21H27N5O5S/c1-12(2)9-13-10-32-18(15(13)20(29)31-5)23-14(27)7-6-8-26-11-22-17-16(26)19(28)25(4)21(30)24(17)3/h10-12H,6-9H2,1-5H3,(H,23,27). The number of carbonyl (C=O) groups is 2. The molecule has 0 aliphatic heterocycles. The van der Waals surface area contributed by atoms with Crippen LogP contribution in [0.5, 0.6) is 0 Å². The smallest absolute Gasteiger partial charge is 0.341 e. The van der Waals surface area contributed by atoms with Crippen molar-refractivity contribution < 1.29 is 14.3 Å². The van der Waals surface area contributed by atoms with Gasteiger partial charge in [-0.1, -0.05) is 13.8 Å². The number of nitrogens with zero attached hydrogens (tertiary/aromatic N) is 4. The molecule has 0 radical (unpaired) electrons. The molecular formula is C21H27N5O5S. The Morgan fingerprint density at radius 2 is 1.94 bits per heavy atom. The van der Waals surface area contributed by atoms with E-state index >= 15 is 0 Å². The van der Waals surface area contributed by atoms with Crippen LogP contribution in [0.2, 0.25) is 0 Å². The molecule has 3 rings (SSSR count). The number of ether oxygens (including phenoxy) is 1. The first kappa shape index (κ1) is 23.5. The summed E-state index contributed by atoms with van der Waals surface area (Å²) in [6.45, 7) is 4.49. The molecule has 0 aliphatic carbocycles. The number of amides is 1. The summed E-state index contributed by atoms with van der Waals surface area (Å²) in [4.78, 5) is 53.5. The van der Waals surface area contributed by atoms with E-state index in [-0.39, 0.29) is 12.3 Å². The molecule has 0 fully saturated rings. The zero-order valence-corrected chi connectivity index (χ0v) is 19.6. The first-order valence-electron chi connectivity index (χ1n) is 10.2. The number of rotatable bonds is 8. The van der Waals surface area contributed by atoms with Crippen LogP contribution in [0.4, 0.5) is 5.00 Å². The van der Waals surface area contributed by atoms with E-state index in [0.29, 0.717) is 47.0 Å². The minimum Gasteiger partial charge on any atom is -0.465 e. The number of imidazole rings is 1. The summed E-state index contributed by atoms with van der Waals surface area (Å²) in [6, 6.07) is 0.